The second-order valence-corrected chi connectivity index (χ2v) is 4.99. The molecule has 1 aliphatic heterocycles. The molecule has 4 nitrogen and oxygen atoms in total. The molecule has 1 heterocycles. The molecule has 0 bridgehead atoms. The maximum Gasteiger partial charge on any atom is 0.304 e. The van der Waals surface area contributed by atoms with Gasteiger partial charge in [-0.05, 0) is 45.9 Å². The molecule has 0 aromatic heterocycles. The molecule has 0 aliphatic carbocycles. The minimum absolute atomic E-state index is 0.186. The van der Waals surface area contributed by atoms with E-state index in [9.17, 15) is 4.79 Å². The Kier molecular flexibility index (Phi) is 5.92. The number of likely N-dealkylation sites (tertiary alicyclic amines) is 1. The number of rotatable bonds is 6. The molecule has 0 saturated carbocycles. The third-order valence-electron chi connectivity index (χ3n) is 4.04. The van der Waals surface area contributed by atoms with E-state index in [2.05, 4.69) is 30.7 Å². The molecular weight excluding hydrogens is 216 g/mol. The molecule has 0 amide bonds. The summed E-state index contributed by atoms with van der Waals surface area (Å²) in [6.07, 6.45) is 3.51. The normalized spacial score (nSPS) is 20.7. The van der Waals surface area contributed by atoms with Crippen molar-refractivity contribution in [3.8, 4) is 0 Å². The predicted molar refractivity (Wildman–Crippen MR) is 69.2 cm³/mol. The van der Waals surface area contributed by atoms with Crippen molar-refractivity contribution in [2.24, 2.45) is 0 Å². The quantitative estimate of drug-likeness (QED) is 0.769. The number of carboxylic acid groups (broad SMARTS) is 1. The maximum atomic E-state index is 10.8. The van der Waals surface area contributed by atoms with Crippen LogP contribution in [0.3, 0.4) is 0 Å². The molecule has 100 valence electrons. The van der Waals surface area contributed by atoms with Crippen LogP contribution in [0, 0.1) is 0 Å². The first-order valence-electron chi connectivity index (χ1n) is 6.74. The summed E-state index contributed by atoms with van der Waals surface area (Å²) in [5.41, 5.74) is 0. The molecule has 17 heavy (non-hydrogen) atoms. The van der Waals surface area contributed by atoms with E-state index >= 15 is 0 Å². The van der Waals surface area contributed by atoms with Crippen LogP contribution in [-0.4, -0.2) is 59.6 Å². The van der Waals surface area contributed by atoms with Gasteiger partial charge in [-0.1, -0.05) is 13.8 Å². The Hall–Kier alpha value is -0.610. The Morgan fingerprint density at radius 1 is 1.41 bits per heavy atom. The first-order chi connectivity index (χ1) is 8.08. The monoisotopic (exact) mass is 242 g/mol. The Labute approximate surface area is 105 Å². The van der Waals surface area contributed by atoms with Crippen molar-refractivity contribution in [2.45, 2.75) is 51.6 Å². The Balaban J connectivity index is 2.45. The van der Waals surface area contributed by atoms with E-state index in [4.69, 9.17) is 5.11 Å². The molecule has 1 fully saturated rings. The fourth-order valence-electron chi connectivity index (χ4n) is 2.72. The van der Waals surface area contributed by atoms with Crippen molar-refractivity contribution in [1.29, 1.82) is 0 Å². The lowest BCUT2D eigenvalue weighted by molar-refractivity contribution is -0.138. The minimum Gasteiger partial charge on any atom is -0.481 e. The predicted octanol–water partition coefficient (Wildman–Crippen LogP) is 1.66. The largest absolute Gasteiger partial charge is 0.481 e. The lowest BCUT2D eigenvalue weighted by Gasteiger charge is -2.39. The zero-order valence-corrected chi connectivity index (χ0v) is 11.4. The van der Waals surface area contributed by atoms with Crippen molar-refractivity contribution in [2.75, 3.05) is 26.7 Å². The van der Waals surface area contributed by atoms with E-state index in [1.54, 1.807) is 0 Å². The van der Waals surface area contributed by atoms with Crippen LogP contribution in [0.15, 0.2) is 0 Å². The third-order valence-corrected chi connectivity index (χ3v) is 4.04. The van der Waals surface area contributed by atoms with E-state index in [0.717, 1.165) is 26.1 Å². The molecule has 0 aromatic rings. The highest BCUT2D eigenvalue weighted by atomic mass is 16.4. The Morgan fingerprint density at radius 3 is 2.41 bits per heavy atom. The number of hydrogen-bond acceptors (Lipinski definition) is 3. The van der Waals surface area contributed by atoms with E-state index in [1.807, 2.05) is 0 Å². The first-order valence-corrected chi connectivity index (χ1v) is 6.74. The van der Waals surface area contributed by atoms with Crippen LogP contribution in [0.4, 0.5) is 0 Å². The van der Waals surface area contributed by atoms with Crippen LogP contribution >= 0.6 is 0 Å². The summed E-state index contributed by atoms with van der Waals surface area (Å²) in [6.45, 7) is 7.70. The Bertz CT molecular complexity index is 238. The van der Waals surface area contributed by atoms with Crippen LogP contribution in [0.5, 0.6) is 0 Å². The van der Waals surface area contributed by atoms with Gasteiger partial charge in [-0.25, -0.2) is 0 Å². The standard InChI is InChI=1S/C13H26N2O2/c1-4-11(10-13(16)17)14(3)12-6-8-15(5-2)9-7-12/h11-12H,4-10H2,1-3H3,(H,16,17). The van der Waals surface area contributed by atoms with Crippen LogP contribution < -0.4 is 0 Å². The van der Waals surface area contributed by atoms with Gasteiger partial charge in [0.25, 0.3) is 0 Å². The number of nitrogens with zero attached hydrogens (tertiary/aromatic N) is 2. The van der Waals surface area contributed by atoms with Crippen molar-refractivity contribution < 1.29 is 9.90 Å². The van der Waals surface area contributed by atoms with Gasteiger partial charge in [-0.2, -0.15) is 0 Å². The van der Waals surface area contributed by atoms with E-state index in [0.29, 0.717) is 6.04 Å². The van der Waals surface area contributed by atoms with Gasteiger partial charge in [0, 0.05) is 12.1 Å². The summed E-state index contributed by atoms with van der Waals surface area (Å²) < 4.78 is 0. The smallest absolute Gasteiger partial charge is 0.304 e. The van der Waals surface area contributed by atoms with Gasteiger partial charge >= 0.3 is 5.97 Å². The average Bonchev–Trinajstić information content (AvgIpc) is 2.35. The Morgan fingerprint density at radius 2 is 2.00 bits per heavy atom. The van der Waals surface area contributed by atoms with E-state index < -0.39 is 5.97 Å². The number of hydrogen-bond donors (Lipinski definition) is 1. The molecule has 1 N–H and O–H groups in total. The molecule has 1 unspecified atom stereocenters. The SMILES string of the molecule is CCC(CC(=O)O)N(C)C1CCN(CC)CC1. The maximum absolute atomic E-state index is 10.8. The van der Waals surface area contributed by atoms with Gasteiger partial charge < -0.3 is 10.0 Å². The van der Waals surface area contributed by atoms with Crippen molar-refractivity contribution >= 4 is 5.97 Å². The number of carboxylic acids is 1. The summed E-state index contributed by atoms with van der Waals surface area (Å²) in [5, 5.41) is 8.91. The molecule has 1 rings (SSSR count). The van der Waals surface area contributed by atoms with Crippen molar-refractivity contribution in [1.82, 2.24) is 9.80 Å². The van der Waals surface area contributed by atoms with E-state index in [-0.39, 0.29) is 12.5 Å². The summed E-state index contributed by atoms with van der Waals surface area (Å²) >= 11 is 0. The van der Waals surface area contributed by atoms with Crippen molar-refractivity contribution in [3.63, 3.8) is 0 Å². The average molecular weight is 242 g/mol. The second-order valence-electron chi connectivity index (χ2n) is 4.99. The van der Waals surface area contributed by atoms with Crippen LogP contribution in [0.1, 0.15) is 39.5 Å². The summed E-state index contributed by atoms with van der Waals surface area (Å²) in [6, 6.07) is 0.743. The molecule has 1 aliphatic rings. The minimum atomic E-state index is -0.685. The molecule has 4 heteroatoms. The number of aliphatic carboxylic acids is 1. The highest BCUT2D eigenvalue weighted by Gasteiger charge is 2.26. The zero-order valence-electron chi connectivity index (χ0n) is 11.4. The van der Waals surface area contributed by atoms with Gasteiger partial charge in [0.15, 0.2) is 0 Å². The van der Waals surface area contributed by atoms with Gasteiger partial charge in [0.05, 0.1) is 6.42 Å². The lowest BCUT2D eigenvalue weighted by atomic mass is 10.00. The zero-order chi connectivity index (χ0) is 12.8. The highest BCUT2D eigenvalue weighted by molar-refractivity contribution is 5.67. The first kappa shape index (κ1) is 14.5. The summed E-state index contributed by atoms with van der Waals surface area (Å²) in [7, 11) is 2.09. The van der Waals surface area contributed by atoms with Crippen LogP contribution in [-0.2, 0) is 4.79 Å². The second kappa shape index (κ2) is 6.97. The molecule has 0 radical (unpaired) electrons. The van der Waals surface area contributed by atoms with Crippen molar-refractivity contribution in [3.05, 3.63) is 0 Å². The fourth-order valence-corrected chi connectivity index (χ4v) is 2.72. The van der Waals surface area contributed by atoms with Gasteiger partial charge in [-0.15, -0.1) is 0 Å². The highest BCUT2D eigenvalue weighted by Crippen LogP contribution is 2.19. The van der Waals surface area contributed by atoms with Gasteiger partial charge in [0.1, 0.15) is 0 Å². The third kappa shape index (κ3) is 4.28. The van der Waals surface area contributed by atoms with Gasteiger partial charge in [0.2, 0.25) is 0 Å². The number of piperidine rings is 1. The topological polar surface area (TPSA) is 43.8 Å². The lowest BCUT2D eigenvalue weighted by Crippen LogP contribution is -2.47. The number of carbonyl (C=O) groups is 1. The summed E-state index contributed by atoms with van der Waals surface area (Å²) in [4.78, 5) is 15.6. The van der Waals surface area contributed by atoms with Crippen LogP contribution in [0.25, 0.3) is 0 Å². The molecule has 0 aromatic carbocycles. The summed E-state index contributed by atoms with van der Waals surface area (Å²) in [5.74, 6) is -0.685. The molecular formula is C13H26N2O2. The molecule has 1 saturated heterocycles. The molecule has 1 atom stereocenters. The van der Waals surface area contributed by atoms with Crippen LogP contribution in [0.2, 0.25) is 0 Å². The molecule has 0 spiro atoms. The van der Waals surface area contributed by atoms with E-state index in [1.165, 1.54) is 12.8 Å². The fraction of sp³-hybridized carbons (Fsp3) is 0.923. The van der Waals surface area contributed by atoms with Gasteiger partial charge in [-0.3, -0.25) is 9.69 Å².